The van der Waals surface area contributed by atoms with Gasteiger partial charge in [0.05, 0.1) is 5.69 Å². The summed E-state index contributed by atoms with van der Waals surface area (Å²) >= 11 is 0. The van der Waals surface area contributed by atoms with Gasteiger partial charge in [0.25, 0.3) is 0 Å². The third-order valence-corrected chi connectivity index (χ3v) is 4.68. The van der Waals surface area contributed by atoms with Gasteiger partial charge < -0.3 is 19.5 Å². The Balaban J connectivity index is 1.95. The van der Waals surface area contributed by atoms with Crippen molar-refractivity contribution in [2.75, 3.05) is 33.3 Å². The molecule has 1 aromatic rings. The Morgan fingerprint density at radius 1 is 1.43 bits per heavy atom. The molecule has 6 nitrogen and oxygen atoms in total. The second-order valence-electron chi connectivity index (χ2n) is 6.20. The van der Waals surface area contributed by atoms with Gasteiger partial charge in [-0.3, -0.25) is 4.79 Å². The largest absolute Gasteiger partial charge is 0.377 e. The van der Waals surface area contributed by atoms with E-state index in [-0.39, 0.29) is 5.91 Å². The number of methoxy groups -OCH3 is 1. The van der Waals surface area contributed by atoms with Gasteiger partial charge in [-0.1, -0.05) is 5.16 Å². The van der Waals surface area contributed by atoms with Crippen LogP contribution in [-0.2, 0) is 22.6 Å². The van der Waals surface area contributed by atoms with Crippen molar-refractivity contribution in [3.05, 3.63) is 17.5 Å². The molecule has 2 heterocycles. The van der Waals surface area contributed by atoms with Crippen LogP contribution >= 0.6 is 0 Å². The molecular weight excluding hydrogens is 294 g/mol. The topological polar surface area (TPSA) is 67.6 Å². The Hall–Kier alpha value is -1.40. The molecule has 6 heteroatoms. The van der Waals surface area contributed by atoms with Crippen LogP contribution < -0.4 is 5.32 Å². The first-order valence-corrected chi connectivity index (χ1v) is 8.59. The number of nitrogens with one attached hydrogen (secondary N) is 1. The monoisotopic (exact) mass is 323 g/mol. The van der Waals surface area contributed by atoms with Crippen molar-refractivity contribution in [3.63, 3.8) is 0 Å². The van der Waals surface area contributed by atoms with Gasteiger partial charge >= 0.3 is 0 Å². The normalized spacial score (nSPS) is 21.3. The molecule has 1 fully saturated rings. The zero-order valence-corrected chi connectivity index (χ0v) is 14.5. The maximum absolute atomic E-state index is 12.4. The molecule has 0 aromatic carbocycles. The van der Waals surface area contributed by atoms with Crippen molar-refractivity contribution < 1.29 is 14.1 Å². The highest BCUT2D eigenvalue weighted by atomic mass is 16.5. The van der Waals surface area contributed by atoms with Crippen LogP contribution in [0.1, 0.15) is 38.1 Å². The summed E-state index contributed by atoms with van der Waals surface area (Å²) in [6.07, 6.45) is 2.52. The number of ether oxygens (including phenoxy) is 1. The standard InChI is InChI=1S/C17H29N3O3/c1-4-20(5-2)17(21)9-13-6-7-18-11-14(13)8-15-10-16(12-22-3)23-19-15/h10,13-14,18H,4-9,11-12H2,1-3H3/t13-,14-/m0/s1. The van der Waals surface area contributed by atoms with E-state index in [4.69, 9.17) is 9.26 Å². The lowest BCUT2D eigenvalue weighted by atomic mass is 9.81. The van der Waals surface area contributed by atoms with E-state index in [2.05, 4.69) is 10.5 Å². The lowest BCUT2D eigenvalue weighted by molar-refractivity contribution is -0.132. The number of carbonyl (C=O) groups excluding carboxylic acids is 1. The molecule has 1 aromatic heterocycles. The van der Waals surface area contributed by atoms with Gasteiger partial charge in [0.2, 0.25) is 5.91 Å². The number of aromatic nitrogens is 1. The molecule has 1 aliphatic heterocycles. The summed E-state index contributed by atoms with van der Waals surface area (Å²) in [7, 11) is 1.64. The summed E-state index contributed by atoms with van der Waals surface area (Å²) in [6.45, 7) is 8.01. The van der Waals surface area contributed by atoms with Gasteiger partial charge in [0, 0.05) is 32.7 Å². The Kier molecular flexibility index (Phi) is 7.05. The van der Waals surface area contributed by atoms with Crippen molar-refractivity contribution >= 4 is 5.91 Å². The number of hydrogen-bond donors (Lipinski definition) is 1. The van der Waals surface area contributed by atoms with E-state index in [0.717, 1.165) is 50.5 Å². The fourth-order valence-corrected chi connectivity index (χ4v) is 3.35. The molecule has 2 rings (SSSR count). The fourth-order valence-electron chi connectivity index (χ4n) is 3.35. The van der Waals surface area contributed by atoms with Gasteiger partial charge in [-0.15, -0.1) is 0 Å². The Labute approximate surface area is 138 Å². The molecule has 0 bridgehead atoms. The molecular formula is C17H29N3O3. The van der Waals surface area contributed by atoms with Crippen molar-refractivity contribution in [1.29, 1.82) is 0 Å². The minimum absolute atomic E-state index is 0.270. The van der Waals surface area contributed by atoms with Crippen LogP contribution in [0.2, 0.25) is 0 Å². The summed E-state index contributed by atoms with van der Waals surface area (Å²) in [5.41, 5.74) is 0.950. The molecule has 0 spiro atoms. The van der Waals surface area contributed by atoms with E-state index < -0.39 is 0 Å². The van der Waals surface area contributed by atoms with E-state index in [1.165, 1.54) is 0 Å². The highest BCUT2D eigenvalue weighted by Gasteiger charge is 2.29. The number of hydrogen-bond acceptors (Lipinski definition) is 5. The smallest absolute Gasteiger partial charge is 0.222 e. The zero-order chi connectivity index (χ0) is 16.7. The predicted molar refractivity (Wildman–Crippen MR) is 87.9 cm³/mol. The first-order valence-electron chi connectivity index (χ1n) is 8.59. The molecule has 23 heavy (non-hydrogen) atoms. The number of carbonyl (C=O) groups is 1. The number of amides is 1. The molecule has 0 radical (unpaired) electrons. The van der Waals surface area contributed by atoms with E-state index in [1.807, 2.05) is 24.8 Å². The third kappa shape index (κ3) is 5.04. The molecule has 1 N–H and O–H groups in total. The van der Waals surface area contributed by atoms with Crippen molar-refractivity contribution in [3.8, 4) is 0 Å². The van der Waals surface area contributed by atoms with Crippen LogP contribution in [0.15, 0.2) is 10.6 Å². The van der Waals surface area contributed by atoms with Gasteiger partial charge in [0.15, 0.2) is 5.76 Å². The van der Waals surface area contributed by atoms with Gasteiger partial charge in [-0.2, -0.15) is 0 Å². The zero-order valence-electron chi connectivity index (χ0n) is 14.5. The minimum atomic E-state index is 0.270. The van der Waals surface area contributed by atoms with Crippen molar-refractivity contribution in [1.82, 2.24) is 15.4 Å². The van der Waals surface area contributed by atoms with Crippen LogP contribution in [0, 0.1) is 11.8 Å². The van der Waals surface area contributed by atoms with E-state index >= 15 is 0 Å². The maximum Gasteiger partial charge on any atom is 0.222 e. The molecule has 130 valence electrons. The second kappa shape index (κ2) is 9.03. The molecule has 0 saturated carbocycles. The average Bonchev–Trinajstić information content (AvgIpc) is 2.98. The number of rotatable bonds is 8. The van der Waals surface area contributed by atoms with E-state index in [9.17, 15) is 4.79 Å². The Bertz CT molecular complexity index is 485. The summed E-state index contributed by atoms with van der Waals surface area (Å²) in [5, 5.41) is 7.57. The van der Waals surface area contributed by atoms with Crippen LogP contribution in [0.4, 0.5) is 0 Å². The van der Waals surface area contributed by atoms with Crippen LogP contribution in [-0.4, -0.2) is 49.3 Å². The second-order valence-corrected chi connectivity index (χ2v) is 6.20. The minimum Gasteiger partial charge on any atom is -0.377 e. The average molecular weight is 323 g/mol. The summed E-state index contributed by atoms with van der Waals surface area (Å²) in [4.78, 5) is 14.3. The summed E-state index contributed by atoms with van der Waals surface area (Å²) in [6, 6.07) is 1.96. The number of piperidine rings is 1. The maximum atomic E-state index is 12.4. The van der Waals surface area contributed by atoms with Crippen LogP contribution in [0.3, 0.4) is 0 Å². The van der Waals surface area contributed by atoms with Crippen molar-refractivity contribution in [2.24, 2.45) is 11.8 Å². The quantitative estimate of drug-likeness (QED) is 0.791. The lowest BCUT2D eigenvalue weighted by Gasteiger charge is -2.32. The Morgan fingerprint density at radius 3 is 2.91 bits per heavy atom. The highest BCUT2D eigenvalue weighted by molar-refractivity contribution is 5.76. The fraction of sp³-hybridized carbons (Fsp3) is 0.765. The molecule has 0 unspecified atom stereocenters. The van der Waals surface area contributed by atoms with Gasteiger partial charge in [0.1, 0.15) is 6.61 Å². The molecule has 1 saturated heterocycles. The lowest BCUT2D eigenvalue weighted by Crippen LogP contribution is -2.41. The summed E-state index contributed by atoms with van der Waals surface area (Å²) < 4.78 is 10.3. The van der Waals surface area contributed by atoms with Crippen LogP contribution in [0.5, 0.6) is 0 Å². The van der Waals surface area contributed by atoms with Crippen molar-refractivity contribution in [2.45, 2.75) is 39.7 Å². The molecule has 1 aliphatic rings. The third-order valence-electron chi connectivity index (χ3n) is 4.68. The predicted octanol–water partition coefficient (Wildman–Crippen LogP) is 1.85. The van der Waals surface area contributed by atoms with Crippen LogP contribution in [0.25, 0.3) is 0 Å². The number of nitrogens with zero attached hydrogens (tertiary/aromatic N) is 2. The van der Waals surface area contributed by atoms with Gasteiger partial charge in [-0.25, -0.2) is 0 Å². The summed E-state index contributed by atoms with van der Waals surface area (Å²) in [5.74, 6) is 1.85. The first kappa shape index (κ1) is 17.9. The molecule has 2 atom stereocenters. The van der Waals surface area contributed by atoms with E-state index in [1.54, 1.807) is 7.11 Å². The SMILES string of the molecule is CCN(CC)C(=O)C[C@@H]1CCNC[C@@H]1Cc1cc(COC)on1. The molecule has 1 amide bonds. The molecule has 0 aliphatic carbocycles. The highest BCUT2D eigenvalue weighted by Crippen LogP contribution is 2.27. The van der Waals surface area contributed by atoms with Gasteiger partial charge in [-0.05, 0) is 51.6 Å². The van der Waals surface area contributed by atoms with E-state index in [0.29, 0.717) is 24.9 Å². The first-order chi connectivity index (χ1) is 11.2. The Morgan fingerprint density at radius 2 is 2.22 bits per heavy atom.